The van der Waals surface area contributed by atoms with E-state index in [-0.39, 0.29) is 11.5 Å². The average Bonchev–Trinajstić information content (AvgIpc) is 2.58. The summed E-state index contributed by atoms with van der Waals surface area (Å²) in [7, 11) is -3.02. The standard InChI is InChI=1S/C8H10O3S2/c9-8(7-2-1-4-12-7)3-5-13(10,11)6-8/h1-2,4,9H,3,5-6H2. The van der Waals surface area contributed by atoms with Crippen molar-refractivity contribution >= 4 is 21.2 Å². The Labute approximate surface area is 80.9 Å². The molecule has 2 heterocycles. The molecule has 72 valence electrons. The van der Waals surface area contributed by atoms with E-state index in [1.165, 1.54) is 11.3 Å². The summed E-state index contributed by atoms with van der Waals surface area (Å²) < 4.78 is 22.4. The maximum atomic E-state index is 11.2. The lowest BCUT2D eigenvalue weighted by Gasteiger charge is -2.18. The molecule has 1 N–H and O–H groups in total. The first-order valence-corrected chi connectivity index (χ1v) is 6.69. The maximum absolute atomic E-state index is 11.2. The van der Waals surface area contributed by atoms with Crippen LogP contribution in [0.25, 0.3) is 0 Å². The van der Waals surface area contributed by atoms with Gasteiger partial charge in [-0.15, -0.1) is 11.3 Å². The van der Waals surface area contributed by atoms with Gasteiger partial charge in [0, 0.05) is 4.88 Å². The third-order valence-electron chi connectivity index (χ3n) is 2.27. The zero-order valence-electron chi connectivity index (χ0n) is 6.93. The molecular weight excluding hydrogens is 208 g/mol. The molecule has 0 amide bonds. The van der Waals surface area contributed by atoms with Gasteiger partial charge in [0.15, 0.2) is 9.84 Å². The molecule has 0 aliphatic carbocycles. The fourth-order valence-electron chi connectivity index (χ4n) is 1.57. The molecule has 1 aromatic heterocycles. The molecular formula is C8H10O3S2. The molecule has 13 heavy (non-hydrogen) atoms. The number of aliphatic hydroxyl groups is 1. The van der Waals surface area contributed by atoms with Crippen molar-refractivity contribution in [3.63, 3.8) is 0 Å². The highest BCUT2D eigenvalue weighted by atomic mass is 32.2. The van der Waals surface area contributed by atoms with Crippen LogP contribution in [0.4, 0.5) is 0 Å². The highest BCUT2D eigenvalue weighted by molar-refractivity contribution is 7.91. The molecule has 0 saturated carbocycles. The van der Waals surface area contributed by atoms with Crippen molar-refractivity contribution in [2.75, 3.05) is 11.5 Å². The summed E-state index contributed by atoms with van der Waals surface area (Å²) in [6.45, 7) is 0. The molecule has 1 atom stereocenters. The molecule has 0 bridgehead atoms. The van der Waals surface area contributed by atoms with Gasteiger partial charge in [0.25, 0.3) is 0 Å². The van der Waals surface area contributed by atoms with Crippen molar-refractivity contribution in [2.24, 2.45) is 0 Å². The molecule has 1 aromatic rings. The molecule has 2 rings (SSSR count). The third-order valence-corrected chi connectivity index (χ3v) is 5.07. The lowest BCUT2D eigenvalue weighted by atomic mass is 10.0. The van der Waals surface area contributed by atoms with Crippen LogP contribution in [0.1, 0.15) is 11.3 Å². The Morgan fingerprint density at radius 1 is 1.54 bits per heavy atom. The van der Waals surface area contributed by atoms with Gasteiger partial charge in [0.05, 0.1) is 11.5 Å². The van der Waals surface area contributed by atoms with Crippen molar-refractivity contribution in [2.45, 2.75) is 12.0 Å². The zero-order chi connectivity index (χ0) is 9.53. The van der Waals surface area contributed by atoms with Gasteiger partial charge in [-0.3, -0.25) is 0 Å². The van der Waals surface area contributed by atoms with Crippen molar-refractivity contribution in [1.29, 1.82) is 0 Å². The summed E-state index contributed by atoms with van der Waals surface area (Å²) in [4.78, 5) is 0.758. The Bertz CT molecular complexity index is 393. The first-order valence-electron chi connectivity index (χ1n) is 3.99. The minimum atomic E-state index is -3.02. The number of hydrogen-bond acceptors (Lipinski definition) is 4. The number of thiophene rings is 1. The second-order valence-corrected chi connectivity index (χ2v) is 6.48. The van der Waals surface area contributed by atoms with E-state index in [4.69, 9.17) is 0 Å². The van der Waals surface area contributed by atoms with Gasteiger partial charge < -0.3 is 5.11 Å². The fraction of sp³-hybridized carbons (Fsp3) is 0.500. The van der Waals surface area contributed by atoms with Gasteiger partial charge in [-0.1, -0.05) is 6.07 Å². The summed E-state index contributed by atoms with van der Waals surface area (Å²) in [6.07, 6.45) is 0.329. The second kappa shape index (κ2) is 2.80. The van der Waals surface area contributed by atoms with E-state index >= 15 is 0 Å². The van der Waals surface area contributed by atoms with E-state index in [0.717, 1.165) is 4.88 Å². The van der Waals surface area contributed by atoms with E-state index in [1.54, 1.807) is 6.07 Å². The number of sulfone groups is 1. The van der Waals surface area contributed by atoms with Gasteiger partial charge in [0.1, 0.15) is 5.60 Å². The lowest BCUT2D eigenvalue weighted by Crippen LogP contribution is -2.25. The van der Waals surface area contributed by atoms with Crippen LogP contribution in [0.15, 0.2) is 17.5 Å². The highest BCUT2D eigenvalue weighted by Gasteiger charge is 2.42. The smallest absolute Gasteiger partial charge is 0.153 e. The summed E-state index contributed by atoms with van der Waals surface area (Å²) in [6, 6.07) is 3.61. The minimum Gasteiger partial charge on any atom is -0.383 e. The van der Waals surface area contributed by atoms with Crippen LogP contribution in [0.2, 0.25) is 0 Å². The second-order valence-electron chi connectivity index (χ2n) is 3.35. The monoisotopic (exact) mass is 218 g/mol. The molecule has 3 nitrogen and oxygen atoms in total. The van der Waals surface area contributed by atoms with Crippen molar-refractivity contribution in [3.8, 4) is 0 Å². The average molecular weight is 218 g/mol. The summed E-state index contributed by atoms with van der Waals surface area (Å²) in [5, 5.41) is 11.9. The quantitative estimate of drug-likeness (QED) is 0.757. The summed E-state index contributed by atoms with van der Waals surface area (Å²) in [5.74, 6) is -0.0259. The van der Waals surface area contributed by atoms with Gasteiger partial charge in [0.2, 0.25) is 0 Å². The first kappa shape index (κ1) is 9.18. The van der Waals surface area contributed by atoms with E-state index in [0.29, 0.717) is 6.42 Å². The van der Waals surface area contributed by atoms with Gasteiger partial charge >= 0.3 is 0 Å². The highest BCUT2D eigenvalue weighted by Crippen LogP contribution is 2.35. The van der Waals surface area contributed by atoms with Crippen LogP contribution in [0.3, 0.4) is 0 Å². The van der Waals surface area contributed by atoms with E-state index < -0.39 is 15.4 Å². The van der Waals surface area contributed by atoms with Gasteiger partial charge in [-0.2, -0.15) is 0 Å². The molecule has 1 aliphatic heterocycles. The largest absolute Gasteiger partial charge is 0.383 e. The summed E-state index contributed by atoms with van der Waals surface area (Å²) >= 11 is 1.41. The fourth-order valence-corrected chi connectivity index (χ4v) is 4.34. The Balaban J connectivity index is 2.35. The Hall–Kier alpha value is -0.390. The van der Waals surface area contributed by atoms with Crippen LogP contribution < -0.4 is 0 Å². The topological polar surface area (TPSA) is 54.4 Å². The predicted octanol–water partition coefficient (Wildman–Crippen LogP) is 0.754. The van der Waals surface area contributed by atoms with E-state index in [9.17, 15) is 13.5 Å². The normalized spacial score (nSPS) is 32.1. The molecule has 1 fully saturated rings. The Morgan fingerprint density at radius 3 is 2.77 bits per heavy atom. The molecule has 5 heteroatoms. The first-order chi connectivity index (χ1) is 6.02. The lowest BCUT2D eigenvalue weighted by molar-refractivity contribution is 0.0692. The van der Waals surface area contributed by atoms with E-state index in [1.807, 2.05) is 11.4 Å². The predicted molar refractivity (Wildman–Crippen MR) is 51.5 cm³/mol. The van der Waals surface area contributed by atoms with Crippen molar-refractivity contribution in [3.05, 3.63) is 22.4 Å². The number of hydrogen-bond donors (Lipinski definition) is 1. The summed E-state index contributed by atoms with van der Waals surface area (Å²) in [5.41, 5.74) is -1.12. The molecule has 1 saturated heterocycles. The zero-order valence-corrected chi connectivity index (χ0v) is 8.57. The van der Waals surface area contributed by atoms with Crippen molar-refractivity contribution in [1.82, 2.24) is 0 Å². The minimum absolute atomic E-state index is 0.0986. The Morgan fingerprint density at radius 2 is 2.31 bits per heavy atom. The molecule has 1 unspecified atom stereocenters. The van der Waals surface area contributed by atoms with E-state index in [2.05, 4.69) is 0 Å². The number of rotatable bonds is 1. The SMILES string of the molecule is O=S1(=O)CCC(O)(c2cccs2)C1. The molecule has 0 spiro atoms. The van der Waals surface area contributed by atoms with Gasteiger partial charge in [-0.05, 0) is 17.9 Å². The van der Waals surface area contributed by atoms with Crippen LogP contribution in [0, 0.1) is 0 Å². The third kappa shape index (κ3) is 1.63. The van der Waals surface area contributed by atoms with Crippen LogP contribution in [-0.4, -0.2) is 25.0 Å². The van der Waals surface area contributed by atoms with Crippen LogP contribution >= 0.6 is 11.3 Å². The molecule has 0 radical (unpaired) electrons. The molecule has 0 aromatic carbocycles. The Kier molecular flexibility index (Phi) is 1.98. The maximum Gasteiger partial charge on any atom is 0.153 e. The van der Waals surface area contributed by atoms with Gasteiger partial charge in [-0.25, -0.2) is 8.42 Å². The molecule has 1 aliphatic rings. The van der Waals surface area contributed by atoms with Crippen LogP contribution in [0.5, 0.6) is 0 Å². The van der Waals surface area contributed by atoms with Crippen LogP contribution in [-0.2, 0) is 15.4 Å². The van der Waals surface area contributed by atoms with Crippen molar-refractivity contribution < 1.29 is 13.5 Å².